The van der Waals surface area contributed by atoms with Gasteiger partial charge >= 0.3 is 5.97 Å². The molecule has 1 aliphatic rings. The number of aryl methyl sites for hydroxylation is 1. The molecule has 148 valence electrons. The first kappa shape index (κ1) is 20.4. The predicted molar refractivity (Wildman–Crippen MR) is 115 cm³/mol. The van der Waals surface area contributed by atoms with Crippen molar-refractivity contribution in [3.63, 3.8) is 0 Å². The largest absolute Gasteiger partial charge is 0.487 e. The van der Waals surface area contributed by atoms with Gasteiger partial charge in [0.05, 0.1) is 23.7 Å². The summed E-state index contributed by atoms with van der Waals surface area (Å²) in [6.07, 6.45) is 0.763. The van der Waals surface area contributed by atoms with E-state index in [1.165, 1.54) is 7.11 Å². The number of ether oxygens (including phenoxy) is 2. The fraction of sp³-hybridized carbons (Fsp3) is 0.333. The highest BCUT2D eigenvalue weighted by molar-refractivity contribution is 7.80. The Morgan fingerprint density at radius 3 is 2.75 bits per heavy atom. The Kier molecular flexibility index (Phi) is 5.82. The van der Waals surface area contributed by atoms with Gasteiger partial charge < -0.3 is 20.1 Å². The summed E-state index contributed by atoms with van der Waals surface area (Å²) in [7, 11) is 1.32. The summed E-state index contributed by atoms with van der Waals surface area (Å²) in [4.78, 5) is 11.8. The van der Waals surface area contributed by atoms with Crippen LogP contribution in [-0.4, -0.2) is 23.8 Å². The fourth-order valence-electron chi connectivity index (χ4n) is 3.30. The molecule has 5 nitrogen and oxygen atoms in total. The van der Waals surface area contributed by atoms with E-state index in [-0.39, 0.29) is 17.2 Å². The Morgan fingerprint density at radius 2 is 2.04 bits per heavy atom. The number of thiocarbonyl (C=S) groups is 1. The molecule has 28 heavy (non-hydrogen) atoms. The van der Waals surface area contributed by atoms with Gasteiger partial charge in [-0.05, 0) is 57.3 Å². The highest BCUT2D eigenvalue weighted by atomic mass is 35.5. The van der Waals surface area contributed by atoms with Gasteiger partial charge in [0.2, 0.25) is 0 Å². The SMILES string of the molecule is COC(=O)c1cc(NC(=S)N[C@@H]2CC(C)(C)Oc3ccc(C)cc32)ccc1Cl. The first-order valence-electron chi connectivity index (χ1n) is 8.93. The molecule has 0 spiro atoms. The predicted octanol–water partition coefficient (Wildman–Crippen LogP) is 5.02. The Balaban J connectivity index is 1.78. The first-order chi connectivity index (χ1) is 13.2. The Labute approximate surface area is 175 Å². The van der Waals surface area contributed by atoms with Gasteiger partial charge in [-0.15, -0.1) is 0 Å². The standard InChI is InChI=1S/C21H23ClN2O3S/c1-12-5-8-18-15(9-12)17(11-21(2,3)27-18)24-20(28)23-13-6-7-16(22)14(10-13)19(25)26-4/h5-10,17H,11H2,1-4H3,(H2,23,24,28)/t17-/m1/s1. The summed E-state index contributed by atoms with van der Waals surface area (Å²) in [5, 5.41) is 7.27. The second kappa shape index (κ2) is 7.97. The van der Waals surface area contributed by atoms with Crippen LogP contribution in [-0.2, 0) is 4.74 Å². The number of fused-ring (bicyclic) bond motifs is 1. The highest BCUT2D eigenvalue weighted by Crippen LogP contribution is 2.39. The van der Waals surface area contributed by atoms with Crippen LogP contribution in [0.25, 0.3) is 0 Å². The third-order valence-corrected chi connectivity index (χ3v) is 5.11. The number of rotatable bonds is 3. The van der Waals surface area contributed by atoms with Crippen molar-refractivity contribution in [2.75, 3.05) is 12.4 Å². The number of nitrogens with one attached hydrogen (secondary N) is 2. The lowest BCUT2D eigenvalue weighted by Gasteiger charge is -2.38. The average molecular weight is 419 g/mol. The maximum atomic E-state index is 11.8. The molecule has 0 fully saturated rings. The number of carbonyl (C=O) groups is 1. The molecule has 3 rings (SSSR count). The van der Waals surface area contributed by atoms with Crippen LogP contribution in [0.3, 0.4) is 0 Å². The molecule has 0 saturated carbocycles. The Hall–Kier alpha value is -2.31. The topological polar surface area (TPSA) is 59.6 Å². The van der Waals surface area contributed by atoms with Gasteiger partial charge in [-0.1, -0.05) is 29.3 Å². The summed E-state index contributed by atoms with van der Waals surface area (Å²) in [5.41, 5.74) is 2.86. The van der Waals surface area contributed by atoms with Gasteiger partial charge in [-0.25, -0.2) is 4.79 Å². The summed E-state index contributed by atoms with van der Waals surface area (Å²) in [6.45, 7) is 6.17. The highest BCUT2D eigenvalue weighted by Gasteiger charge is 2.34. The van der Waals surface area contributed by atoms with Crippen LogP contribution in [0.4, 0.5) is 5.69 Å². The van der Waals surface area contributed by atoms with E-state index in [0.717, 1.165) is 23.3 Å². The van der Waals surface area contributed by atoms with Crippen LogP contribution >= 0.6 is 23.8 Å². The minimum absolute atomic E-state index is 0.00558. The van der Waals surface area contributed by atoms with Crippen LogP contribution in [0, 0.1) is 6.92 Å². The molecule has 0 unspecified atom stereocenters. The fourth-order valence-corrected chi connectivity index (χ4v) is 3.75. The number of anilines is 1. The van der Waals surface area contributed by atoms with Gasteiger partial charge in [-0.2, -0.15) is 0 Å². The molecule has 2 aromatic carbocycles. The lowest BCUT2D eigenvalue weighted by molar-refractivity contribution is 0.0600. The van der Waals surface area contributed by atoms with Gasteiger partial charge in [0, 0.05) is 17.7 Å². The molecule has 0 aromatic heterocycles. The molecular weight excluding hydrogens is 396 g/mol. The van der Waals surface area contributed by atoms with Crippen molar-refractivity contribution in [3.05, 3.63) is 58.1 Å². The Morgan fingerprint density at radius 1 is 1.29 bits per heavy atom. The van der Waals surface area contributed by atoms with Crippen LogP contribution in [0.15, 0.2) is 36.4 Å². The Bertz CT molecular complexity index is 930. The molecule has 0 bridgehead atoms. The van der Waals surface area contributed by atoms with Crippen LogP contribution < -0.4 is 15.4 Å². The van der Waals surface area contributed by atoms with E-state index >= 15 is 0 Å². The lowest BCUT2D eigenvalue weighted by atomic mass is 9.89. The zero-order valence-electron chi connectivity index (χ0n) is 16.3. The van der Waals surface area contributed by atoms with E-state index in [2.05, 4.69) is 37.5 Å². The van der Waals surface area contributed by atoms with E-state index in [4.69, 9.17) is 33.3 Å². The van der Waals surface area contributed by atoms with Crippen molar-refractivity contribution in [3.8, 4) is 5.75 Å². The third kappa shape index (κ3) is 4.56. The number of carbonyl (C=O) groups excluding carboxylic acids is 1. The number of hydrogen-bond acceptors (Lipinski definition) is 4. The molecule has 0 saturated heterocycles. The molecule has 2 aromatic rings. The maximum absolute atomic E-state index is 11.8. The quantitative estimate of drug-likeness (QED) is 0.539. The van der Waals surface area contributed by atoms with Crippen molar-refractivity contribution >= 4 is 40.6 Å². The van der Waals surface area contributed by atoms with Gasteiger partial charge in [0.15, 0.2) is 5.11 Å². The molecule has 7 heteroatoms. The smallest absolute Gasteiger partial charge is 0.339 e. The number of methoxy groups -OCH3 is 1. The van der Waals surface area contributed by atoms with E-state index in [1.54, 1.807) is 18.2 Å². The molecule has 0 radical (unpaired) electrons. The number of esters is 1. The second-order valence-electron chi connectivity index (χ2n) is 7.44. The molecular formula is C21H23ClN2O3S. The van der Waals surface area contributed by atoms with Crippen molar-refractivity contribution < 1.29 is 14.3 Å². The molecule has 1 atom stereocenters. The van der Waals surface area contributed by atoms with Crippen LogP contribution in [0.1, 0.15) is 47.8 Å². The van der Waals surface area contributed by atoms with Gasteiger partial charge in [0.25, 0.3) is 0 Å². The zero-order valence-corrected chi connectivity index (χ0v) is 17.8. The molecule has 0 amide bonds. The molecule has 2 N–H and O–H groups in total. The van der Waals surface area contributed by atoms with Crippen molar-refractivity contribution in [1.29, 1.82) is 0 Å². The minimum atomic E-state index is -0.497. The number of benzene rings is 2. The average Bonchev–Trinajstić information content (AvgIpc) is 2.62. The molecule has 1 aliphatic heterocycles. The second-order valence-corrected chi connectivity index (χ2v) is 8.26. The van der Waals surface area contributed by atoms with Crippen LogP contribution in [0.2, 0.25) is 5.02 Å². The summed E-state index contributed by atoms with van der Waals surface area (Å²) >= 11 is 11.6. The maximum Gasteiger partial charge on any atom is 0.339 e. The summed E-state index contributed by atoms with van der Waals surface area (Å²) in [6, 6.07) is 11.2. The molecule has 1 heterocycles. The first-order valence-corrected chi connectivity index (χ1v) is 9.72. The normalized spacial score (nSPS) is 17.1. The van der Waals surface area contributed by atoms with E-state index in [9.17, 15) is 4.79 Å². The third-order valence-electron chi connectivity index (χ3n) is 4.56. The lowest BCUT2D eigenvalue weighted by Crippen LogP contribution is -2.42. The zero-order chi connectivity index (χ0) is 20.5. The van der Waals surface area contributed by atoms with Crippen molar-refractivity contribution in [2.24, 2.45) is 0 Å². The number of hydrogen-bond donors (Lipinski definition) is 2. The van der Waals surface area contributed by atoms with E-state index < -0.39 is 5.97 Å². The summed E-state index contributed by atoms with van der Waals surface area (Å²) < 4.78 is 10.9. The van der Waals surface area contributed by atoms with Crippen LogP contribution in [0.5, 0.6) is 5.75 Å². The number of halogens is 1. The van der Waals surface area contributed by atoms with Crippen molar-refractivity contribution in [1.82, 2.24) is 5.32 Å². The van der Waals surface area contributed by atoms with E-state index in [1.807, 2.05) is 12.1 Å². The monoisotopic (exact) mass is 418 g/mol. The summed E-state index contributed by atoms with van der Waals surface area (Å²) in [5.74, 6) is 0.365. The van der Waals surface area contributed by atoms with Gasteiger partial charge in [-0.3, -0.25) is 0 Å². The van der Waals surface area contributed by atoms with Gasteiger partial charge in [0.1, 0.15) is 11.4 Å². The molecule has 0 aliphatic carbocycles. The van der Waals surface area contributed by atoms with Crippen molar-refractivity contribution in [2.45, 2.75) is 38.8 Å². The van der Waals surface area contributed by atoms with E-state index in [0.29, 0.717) is 15.8 Å². The minimum Gasteiger partial charge on any atom is -0.487 e.